The maximum Gasteiger partial charge on any atom is 0.243 e. The number of benzene rings is 2. The first-order valence-corrected chi connectivity index (χ1v) is 10.8. The van der Waals surface area contributed by atoms with Gasteiger partial charge in [-0.25, -0.2) is 8.42 Å². The molecule has 0 heterocycles. The highest BCUT2D eigenvalue weighted by molar-refractivity contribution is 7.92. The van der Waals surface area contributed by atoms with Crippen molar-refractivity contribution in [3.8, 4) is 0 Å². The van der Waals surface area contributed by atoms with Gasteiger partial charge in [-0.05, 0) is 44.9 Å². The molecule has 0 aromatic heterocycles. The SMILES string of the molecule is Cc1ccc(N(CC(=O)N(Cc2ccccc2)C(C)C)S(C)(=O)=O)c(C)c1. The van der Waals surface area contributed by atoms with Crippen molar-refractivity contribution < 1.29 is 13.2 Å². The van der Waals surface area contributed by atoms with Crippen molar-refractivity contribution in [3.63, 3.8) is 0 Å². The number of sulfonamides is 1. The fourth-order valence-corrected chi connectivity index (χ4v) is 3.93. The molecular formula is C21H28N2O3S. The summed E-state index contributed by atoms with van der Waals surface area (Å²) in [5.41, 5.74) is 3.42. The molecule has 27 heavy (non-hydrogen) atoms. The van der Waals surface area contributed by atoms with Gasteiger partial charge in [0.1, 0.15) is 6.54 Å². The van der Waals surface area contributed by atoms with E-state index in [1.807, 2.05) is 70.2 Å². The Kier molecular flexibility index (Phi) is 6.65. The Morgan fingerprint density at radius 1 is 1.04 bits per heavy atom. The largest absolute Gasteiger partial charge is 0.334 e. The van der Waals surface area contributed by atoms with Gasteiger partial charge in [-0.1, -0.05) is 48.0 Å². The molecule has 0 aliphatic carbocycles. The zero-order valence-corrected chi connectivity index (χ0v) is 17.5. The third-order valence-corrected chi connectivity index (χ3v) is 5.57. The molecule has 0 saturated carbocycles. The van der Waals surface area contributed by atoms with Gasteiger partial charge in [0.05, 0.1) is 11.9 Å². The van der Waals surface area contributed by atoms with E-state index in [1.54, 1.807) is 11.0 Å². The smallest absolute Gasteiger partial charge is 0.243 e. The summed E-state index contributed by atoms with van der Waals surface area (Å²) in [7, 11) is -3.59. The molecule has 1 amide bonds. The third-order valence-electron chi connectivity index (χ3n) is 4.44. The highest BCUT2D eigenvalue weighted by Gasteiger charge is 2.26. The number of carbonyl (C=O) groups is 1. The number of aryl methyl sites for hydroxylation is 2. The average Bonchev–Trinajstić information content (AvgIpc) is 2.57. The van der Waals surface area contributed by atoms with Crippen LogP contribution in [-0.4, -0.2) is 38.1 Å². The summed E-state index contributed by atoms with van der Waals surface area (Å²) < 4.78 is 26.0. The Bertz CT molecular complexity index is 893. The summed E-state index contributed by atoms with van der Waals surface area (Å²) in [6, 6.07) is 15.2. The highest BCUT2D eigenvalue weighted by Crippen LogP contribution is 2.24. The van der Waals surface area contributed by atoms with E-state index in [2.05, 4.69) is 0 Å². The van der Waals surface area contributed by atoms with Crippen molar-refractivity contribution in [1.29, 1.82) is 0 Å². The first kappa shape index (κ1) is 21.0. The Labute approximate surface area is 162 Å². The maximum atomic E-state index is 13.0. The summed E-state index contributed by atoms with van der Waals surface area (Å²) in [4.78, 5) is 14.7. The quantitative estimate of drug-likeness (QED) is 0.729. The van der Waals surface area contributed by atoms with Crippen LogP contribution in [0, 0.1) is 13.8 Å². The van der Waals surface area contributed by atoms with E-state index in [-0.39, 0.29) is 18.5 Å². The normalized spacial score (nSPS) is 11.5. The second kappa shape index (κ2) is 8.57. The zero-order chi connectivity index (χ0) is 20.2. The van der Waals surface area contributed by atoms with Gasteiger partial charge >= 0.3 is 0 Å². The molecule has 6 heteroatoms. The first-order valence-electron chi connectivity index (χ1n) is 8.98. The van der Waals surface area contributed by atoms with Gasteiger partial charge in [0, 0.05) is 12.6 Å². The van der Waals surface area contributed by atoms with Gasteiger partial charge in [0.2, 0.25) is 15.9 Å². The predicted octanol–water partition coefficient (Wildman–Crippen LogP) is 3.51. The fourth-order valence-electron chi connectivity index (χ4n) is 3.02. The molecule has 0 fully saturated rings. The standard InChI is InChI=1S/C21H28N2O3S/c1-16(2)22(14-19-9-7-6-8-10-19)21(24)15-23(27(5,25)26)20-12-11-17(3)13-18(20)4/h6-13,16H,14-15H2,1-5H3. The Balaban J connectivity index is 2.31. The second-order valence-corrected chi connectivity index (χ2v) is 9.07. The first-order chi connectivity index (χ1) is 12.6. The van der Waals surface area contributed by atoms with E-state index in [4.69, 9.17) is 0 Å². The van der Waals surface area contributed by atoms with Crippen LogP contribution < -0.4 is 4.31 Å². The van der Waals surface area contributed by atoms with Crippen LogP contribution in [-0.2, 0) is 21.4 Å². The molecule has 0 unspecified atom stereocenters. The van der Waals surface area contributed by atoms with E-state index in [9.17, 15) is 13.2 Å². The molecule has 0 bridgehead atoms. The van der Waals surface area contributed by atoms with E-state index >= 15 is 0 Å². The van der Waals surface area contributed by atoms with Crippen LogP contribution in [0.5, 0.6) is 0 Å². The van der Waals surface area contributed by atoms with Gasteiger partial charge in [0.15, 0.2) is 0 Å². The minimum absolute atomic E-state index is 0.0433. The van der Waals surface area contributed by atoms with Crippen LogP contribution in [0.3, 0.4) is 0 Å². The minimum Gasteiger partial charge on any atom is -0.334 e. The van der Waals surface area contributed by atoms with Crippen molar-refractivity contribution in [2.45, 2.75) is 40.3 Å². The van der Waals surface area contributed by atoms with Gasteiger partial charge in [-0.15, -0.1) is 0 Å². The molecule has 2 rings (SSSR count). The molecule has 0 N–H and O–H groups in total. The van der Waals surface area contributed by atoms with Crippen molar-refractivity contribution in [1.82, 2.24) is 4.90 Å². The number of anilines is 1. The van der Waals surface area contributed by atoms with E-state index in [0.717, 1.165) is 22.9 Å². The molecule has 0 saturated heterocycles. The molecule has 146 valence electrons. The number of hydrogen-bond acceptors (Lipinski definition) is 3. The summed E-state index contributed by atoms with van der Waals surface area (Å²) in [6.07, 6.45) is 1.14. The van der Waals surface area contributed by atoms with Gasteiger partial charge in [0.25, 0.3) is 0 Å². The number of nitrogens with zero attached hydrogens (tertiary/aromatic N) is 2. The fraction of sp³-hybridized carbons (Fsp3) is 0.381. The van der Waals surface area contributed by atoms with Crippen LogP contribution in [0.2, 0.25) is 0 Å². The van der Waals surface area contributed by atoms with Gasteiger partial charge < -0.3 is 4.90 Å². The van der Waals surface area contributed by atoms with Crippen molar-refractivity contribution in [2.24, 2.45) is 0 Å². The monoisotopic (exact) mass is 388 g/mol. The molecule has 0 aliphatic rings. The lowest BCUT2D eigenvalue weighted by Crippen LogP contribution is -2.45. The lowest BCUT2D eigenvalue weighted by atomic mass is 10.1. The second-order valence-electron chi connectivity index (χ2n) is 7.16. The van der Waals surface area contributed by atoms with Crippen LogP contribution in [0.15, 0.2) is 48.5 Å². The Morgan fingerprint density at radius 2 is 1.67 bits per heavy atom. The zero-order valence-electron chi connectivity index (χ0n) is 16.6. The molecular weight excluding hydrogens is 360 g/mol. The van der Waals surface area contributed by atoms with Crippen LogP contribution in [0.25, 0.3) is 0 Å². The predicted molar refractivity (Wildman–Crippen MR) is 110 cm³/mol. The molecule has 0 radical (unpaired) electrons. The Hall–Kier alpha value is -2.34. The van der Waals surface area contributed by atoms with E-state index in [0.29, 0.717) is 12.2 Å². The molecule has 5 nitrogen and oxygen atoms in total. The third kappa shape index (κ3) is 5.57. The molecule has 2 aromatic rings. The molecule has 0 atom stereocenters. The number of carbonyl (C=O) groups excluding carboxylic acids is 1. The van der Waals surface area contributed by atoms with Crippen molar-refractivity contribution in [2.75, 3.05) is 17.1 Å². The van der Waals surface area contributed by atoms with Crippen molar-refractivity contribution >= 4 is 21.6 Å². The number of amides is 1. The average molecular weight is 389 g/mol. The lowest BCUT2D eigenvalue weighted by Gasteiger charge is -2.31. The van der Waals surface area contributed by atoms with Crippen LogP contribution in [0.4, 0.5) is 5.69 Å². The van der Waals surface area contributed by atoms with E-state index in [1.165, 1.54) is 4.31 Å². The molecule has 0 aliphatic heterocycles. The topological polar surface area (TPSA) is 57.7 Å². The number of rotatable bonds is 7. The van der Waals surface area contributed by atoms with Gasteiger partial charge in [-0.3, -0.25) is 9.10 Å². The summed E-state index contributed by atoms with van der Waals surface area (Å²) in [5.74, 6) is -0.223. The van der Waals surface area contributed by atoms with Crippen LogP contribution in [0.1, 0.15) is 30.5 Å². The summed E-state index contributed by atoms with van der Waals surface area (Å²) >= 11 is 0. The van der Waals surface area contributed by atoms with Crippen molar-refractivity contribution in [3.05, 3.63) is 65.2 Å². The maximum absolute atomic E-state index is 13.0. The summed E-state index contributed by atoms with van der Waals surface area (Å²) in [6.45, 7) is 7.91. The van der Waals surface area contributed by atoms with Gasteiger partial charge in [-0.2, -0.15) is 0 Å². The summed E-state index contributed by atoms with van der Waals surface area (Å²) in [5, 5.41) is 0. The minimum atomic E-state index is -3.59. The van der Waals surface area contributed by atoms with Crippen LogP contribution >= 0.6 is 0 Å². The lowest BCUT2D eigenvalue weighted by molar-refractivity contribution is -0.131. The molecule has 2 aromatic carbocycles. The number of hydrogen-bond donors (Lipinski definition) is 0. The highest BCUT2D eigenvalue weighted by atomic mass is 32.2. The van der Waals surface area contributed by atoms with E-state index < -0.39 is 10.0 Å². The molecule has 0 spiro atoms. The Morgan fingerprint density at radius 3 is 2.19 bits per heavy atom.